The molecule has 2 rings (SSSR count). The quantitative estimate of drug-likeness (QED) is 0.903. The van der Waals surface area contributed by atoms with Crippen LogP contribution in [0.15, 0.2) is 29.2 Å². The Labute approximate surface area is 113 Å². The Balaban J connectivity index is 2.35. The monoisotopic (exact) mass is 288 g/mol. The molecular formula is C12H17ClN2O2S. The Morgan fingerprint density at radius 2 is 2.06 bits per heavy atom. The Morgan fingerprint density at radius 1 is 1.39 bits per heavy atom. The van der Waals surface area contributed by atoms with Gasteiger partial charge in [0.1, 0.15) is 4.90 Å². The van der Waals surface area contributed by atoms with E-state index in [4.69, 9.17) is 17.3 Å². The lowest BCUT2D eigenvalue weighted by Crippen LogP contribution is -2.48. The van der Waals surface area contributed by atoms with Gasteiger partial charge in [-0.2, -0.15) is 4.31 Å². The number of nitrogens with zero attached hydrogens (tertiary/aromatic N) is 1. The molecule has 0 unspecified atom stereocenters. The minimum Gasteiger partial charge on any atom is -0.328 e. The smallest absolute Gasteiger partial charge is 0.244 e. The van der Waals surface area contributed by atoms with E-state index in [1.165, 1.54) is 4.31 Å². The van der Waals surface area contributed by atoms with Gasteiger partial charge in [-0.05, 0) is 31.9 Å². The van der Waals surface area contributed by atoms with Gasteiger partial charge in [0.25, 0.3) is 0 Å². The molecule has 1 aromatic rings. The van der Waals surface area contributed by atoms with Crippen molar-refractivity contribution in [3.8, 4) is 0 Å². The minimum atomic E-state index is -3.52. The van der Waals surface area contributed by atoms with Crippen LogP contribution in [0.3, 0.4) is 0 Å². The molecule has 0 saturated carbocycles. The lowest BCUT2D eigenvalue weighted by Gasteiger charge is -2.35. The summed E-state index contributed by atoms with van der Waals surface area (Å²) in [4.78, 5) is 0.175. The summed E-state index contributed by atoms with van der Waals surface area (Å²) in [6.07, 6.45) is 1.37. The first-order valence-electron chi connectivity index (χ1n) is 5.95. The predicted molar refractivity (Wildman–Crippen MR) is 72.0 cm³/mol. The summed E-state index contributed by atoms with van der Waals surface area (Å²) < 4.78 is 26.5. The van der Waals surface area contributed by atoms with Crippen molar-refractivity contribution >= 4 is 21.6 Å². The van der Waals surface area contributed by atoms with E-state index in [1.54, 1.807) is 24.3 Å². The second-order valence-corrected chi connectivity index (χ2v) is 6.95. The summed E-state index contributed by atoms with van der Waals surface area (Å²) in [6.45, 7) is 2.34. The standard InChI is InChI=1S/C12H17ClN2O2S/c1-9-8-10(14)6-7-15(9)18(16,17)12-5-3-2-4-11(12)13/h2-5,9-10H,6-8,14H2,1H3/t9-,10+/m1/s1. The van der Waals surface area contributed by atoms with Crippen molar-refractivity contribution in [2.45, 2.75) is 36.7 Å². The fraction of sp³-hybridized carbons (Fsp3) is 0.500. The minimum absolute atomic E-state index is 0.0812. The number of nitrogens with two attached hydrogens (primary N) is 1. The average Bonchev–Trinajstić information content (AvgIpc) is 2.28. The van der Waals surface area contributed by atoms with E-state index < -0.39 is 10.0 Å². The lowest BCUT2D eigenvalue weighted by atomic mass is 10.0. The zero-order chi connectivity index (χ0) is 13.3. The Kier molecular flexibility index (Phi) is 3.96. The van der Waals surface area contributed by atoms with Gasteiger partial charge in [-0.3, -0.25) is 0 Å². The first-order valence-corrected chi connectivity index (χ1v) is 7.76. The predicted octanol–water partition coefficient (Wildman–Crippen LogP) is 1.84. The molecule has 1 saturated heterocycles. The summed E-state index contributed by atoms with van der Waals surface area (Å²) in [5.74, 6) is 0. The molecule has 0 aliphatic carbocycles. The molecular weight excluding hydrogens is 272 g/mol. The molecule has 0 aromatic heterocycles. The van der Waals surface area contributed by atoms with E-state index in [0.29, 0.717) is 19.4 Å². The molecule has 0 radical (unpaired) electrons. The number of piperidine rings is 1. The third-order valence-corrected chi connectivity index (χ3v) is 5.79. The summed E-state index contributed by atoms with van der Waals surface area (Å²) in [5.41, 5.74) is 5.85. The molecule has 100 valence electrons. The largest absolute Gasteiger partial charge is 0.328 e. The van der Waals surface area contributed by atoms with Gasteiger partial charge in [-0.15, -0.1) is 0 Å². The van der Waals surface area contributed by atoms with Gasteiger partial charge >= 0.3 is 0 Å². The van der Waals surface area contributed by atoms with Crippen LogP contribution in [0.2, 0.25) is 5.02 Å². The van der Waals surface area contributed by atoms with Gasteiger partial charge in [0.15, 0.2) is 0 Å². The molecule has 2 atom stereocenters. The fourth-order valence-corrected chi connectivity index (χ4v) is 4.48. The summed E-state index contributed by atoms with van der Waals surface area (Å²) >= 11 is 5.97. The third-order valence-electron chi connectivity index (χ3n) is 3.28. The first kappa shape index (κ1) is 13.8. The zero-order valence-corrected chi connectivity index (χ0v) is 11.8. The van der Waals surface area contributed by atoms with E-state index in [2.05, 4.69) is 0 Å². The fourth-order valence-electron chi connectivity index (χ4n) is 2.32. The molecule has 18 heavy (non-hydrogen) atoms. The van der Waals surface area contributed by atoms with E-state index in [-0.39, 0.29) is 22.0 Å². The van der Waals surface area contributed by atoms with Crippen molar-refractivity contribution in [2.75, 3.05) is 6.54 Å². The summed E-state index contributed by atoms with van der Waals surface area (Å²) in [6, 6.07) is 6.52. The van der Waals surface area contributed by atoms with Gasteiger partial charge in [-0.1, -0.05) is 23.7 Å². The topological polar surface area (TPSA) is 63.4 Å². The lowest BCUT2D eigenvalue weighted by molar-refractivity contribution is 0.247. The molecule has 6 heteroatoms. The van der Waals surface area contributed by atoms with Crippen molar-refractivity contribution in [1.82, 2.24) is 4.31 Å². The van der Waals surface area contributed by atoms with E-state index in [0.717, 1.165) is 0 Å². The van der Waals surface area contributed by atoms with Crippen LogP contribution in [0.5, 0.6) is 0 Å². The number of halogens is 1. The van der Waals surface area contributed by atoms with E-state index in [1.807, 2.05) is 6.92 Å². The van der Waals surface area contributed by atoms with Crippen LogP contribution in [-0.4, -0.2) is 31.4 Å². The maximum atomic E-state index is 12.5. The third kappa shape index (κ3) is 2.54. The van der Waals surface area contributed by atoms with Crippen LogP contribution in [0.25, 0.3) is 0 Å². The number of hydrogen-bond acceptors (Lipinski definition) is 3. The Bertz CT molecular complexity index is 533. The molecule has 2 N–H and O–H groups in total. The first-order chi connectivity index (χ1) is 8.43. The van der Waals surface area contributed by atoms with Gasteiger partial charge in [-0.25, -0.2) is 8.42 Å². The number of rotatable bonds is 2. The van der Waals surface area contributed by atoms with Crippen molar-refractivity contribution in [2.24, 2.45) is 5.73 Å². The molecule has 0 amide bonds. The number of sulfonamides is 1. The highest BCUT2D eigenvalue weighted by atomic mass is 35.5. The van der Waals surface area contributed by atoms with Crippen LogP contribution >= 0.6 is 11.6 Å². The SMILES string of the molecule is C[C@@H]1C[C@@H](N)CCN1S(=O)(=O)c1ccccc1Cl. The highest BCUT2D eigenvalue weighted by molar-refractivity contribution is 7.89. The summed E-state index contributed by atoms with van der Waals surface area (Å²) in [7, 11) is -3.52. The van der Waals surface area contributed by atoms with Crippen LogP contribution in [0.1, 0.15) is 19.8 Å². The molecule has 1 heterocycles. The van der Waals surface area contributed by atoms with E-state index in [9.17, 15) is 8.42 Å². The van der Waals surface area contributed by atoms with Crippen molar-refractivity contribution in [3.05, 3.63) is 29.3 Å². The zero-order valence-electron chi connectivity index (χ0n) is 10.2. The second kappa shape index (κ2) is 5.17. The highest BCUT2D eigenvalue weighted by Gasteiger charge is 2.34. The molecule has 0 spiro atoms. The Hall–Kier alpha value is -0.620. The average molecular weight is 289 g/mol. The maximum Gasteiger partial charge on any atom is 0.244 e. The molecule has 0 bridgehead atoms. The molecule has 1 aliphatic heterocycles. The Morgan fingerprint density at radius 3 is 2.67 bits per heavy atom. The molecule has 4 nitrogen and oxygen atoms in total. The number of hydrogen-bond donors (Lipinski definition) is 1. The van der Waals surface area contributed by atoms with Crippen molar-refractivity contribution in [1.29, 1.82) is 0 Å². The molecule has 1 aromatic carbocycles. The second-order valence-electron chi connectivity index (χ2n) is 4.68. The van der Waals surface area contributed by atoms with Crippen LogP contribution in [0, 0.1) is 0 Å². The van der Waals surface area contributed by atoms with Crippen LogP contribution in [-0.2, 0) is 10.0 Å². The van der Waals surface area contributed by atoms with Crippen molar-refractivity contribution < 1.29 is 8.42 Å². The number of benzene rings is 1. The van der Waals surface area contributed by atoms with E-state index >= 15 is 0 Å². The molecule has 1 fully saturated rings. The highest BCUT2D eigenvalue weighted by Crippen LogP contribution is 2.28. The van der Waals surface area contributed by atoms with Gasteiger partial charge in [0.2, 0.25) is 10.0 Å². The van der Waals surface area contributed by atoms with Crippen LogP contribution in [0.4, 0.5) is 0 Å². The molecule has 1 aliphatic rings. The van der Waals surface area contributed by atoms with Crippen LogP contribution < -0.4 is 5.73 Å². The normalized spacial score (nSPS) is 26.2. The van der Waals surface area contributed by atoms with Gasteiger partial charge < -0.3 is 5.73 Å². The van der Waals surface area contributed by atoms with Gasteiger partial charge in [0.05, 0.1) is 5.02 Å². The maximum absolute atomic E-state index is 12.5. The van der Waals surface area contributed by atoms with Gasteiger partial charge in [0, 0.05) is 18.6 Å². The van der Waals surface area contributed by atoms with Crippen molar-refractivity contribution in [3.63, 3.8) is 0 Å². The summed E-state index contributed by atoms with van der Waals surface area (Å²) in [5, 5.41) is 0.263.